The van der Waals surface area contributed by atoms with Gasteiger partial charge in [-0.15, -0.1) is 0 Å². The highest BCUT2D eigenvalue weighted by Crippen LogP contribution is 2.26. The zero-order chi connectivity index (χ0) is 13.6. The van der Waals surface area contributed by atoms with E-state index in [4.69, 9.17) is 5.73 Å². The second-order valence-electron chi connectivity index (χ2n) is 4.59. The van der Waals surface area contributed by atoms with E-state index >= 15 is 0 Å². The van der Waals surface area contributed by atoms with Crippen LogP contribution in [0.1, 0.15) is 40.2 Å². The Bertz CT molecular complexity index is 359. The lowest BCUT2D eigenvalue weighted by Gasteiger charge is -2.19. The SMILES string of the molecule is CC.Cc1cc(F)c(SNC(C)(C)C)cc1N. The third-order valence-electron chi connectivity index (χ3n) is 1.79. The van der Waals surface area contributed by atoms with E-state index in [0.29, 0.717) is 10.6 Å². The van der Waals surface area contributed by atoms with E-state index in [1.165, 1.54) is 18.0 Å². The van der Waals surface area contributed by atoms with Crippen molar-refractivity contribution in [1.82, 2.24) is 4.72 Å². The van der Waals surface area contributed by atoms with Crippen molar-refractivity contribution in [3.8, 4) is 0 Å². The lowest BCUT2D eigenvalue weighted by atomic mass is 10.1. The van der Waals surface area contributed by atoms with Crippen molar-refractivity contribution in [3.05, 3.63) is 23.5 Å². The fourth-order valence-electron chi connectivity index (χ4n) is 0.955. The van der Waals surface area contributed by atoms with Crippen LogP contribution in [0.4, 0.5) is 10.1 Å². The molecule has 0 heterocycles. The largest absolute Gasteiger partial charge is 0.398 e. The molecule has 0 bridgehead atoms. The van der Waals surface area contributed by atoms with Crippen molar-refractivity contribution < 1.29 is 4.39 Å². The van der Waals surface area contributed by atoms with E-state index < -0.39 is 0 Å². The molecular weight excluding hydrogens is 235 g/mol. The molecular formula is C13H23FN2S. The van der Waals surface area contributed by atoms with Gasteiger partial charge in [-0.2, -0.15) is 0 Å². The van der Waals surface area contributed by atoms with Gasteiger partial charge in [-0.25, -0.2) is 4.39 Å². The molecule has 0 saturated heterocycles. The van der Waals surface area contributed by atoms with Gasteiger partial charge in [0.15, 0.2) is 0 Å². The van der Waals surface area contributed by atoms with Gasteiger partial charge in [0.1, 0.15) is 5.82 Å². The number of nitrogen functional groups attached to an aromatic ring is 1. The van der Waals surface area contributed by atoms with E-state index in [0.717, 1.165) is 5.56 Å². The molecule has 1 aromatic carbocycles. The van der Waals surface area contributed by atoms with Gasteiger partial charge in [0.05, 0.1) is 4.90 Å². The Morgan fingerprint density at radius 3 is 2.24 bits per heavy atom. The summed E-state index contributed by atoms with van der Waals surface area (Å²) in [4.78, 5) is 0.535. The van der Waals surface area contributed by atoms with Crippen molar-refractivity contribution in [2.45, 2.75) is 52.0 Å². The van der Waals surface area contributed by atoms with Crippen molar-refractivity contribution in [1.29, 1.82) is 0 Å². The Morgan fingerprint density at radius 1 is 1.24 bits per heavy atom. The van der Waals surface area contributed by atoms with E-state index in [1.807, 2.05) is 34.6 Å². The maximum atomic E-state index is 13.5. The lowest BCUT2D eigenvalue weighted by molar-refractivity contribution is 0.533. The van der Waals surface area contributed by atoms with E-state index in [-0.39, 0.29) is 11.4 Å². The molecule has 0 saturated carbocycles. The highest BCUT2D eigenvalue weighted by molar-refractivity contribution is 7.97. The molecule has 98 valence electrons. The summed E-state index contributed by atoms with van der Waals surface area (Å²) in [6.07, 6.45) is 0. The lowest BCUT2D eigenvalue weighted by Crippen LogP contribution is -2.29. The van der Waals surface area contributed by atoms with Crippen LogP contribution >= 0.6 is 11.9 Å². The molecule has 3 N–H and O–H groups in total. The highest BCUT2D eigenvalue weighted by Gasteiger charge is 2.12. The Labute approximate surface area is 108 Å². The van der Waals surface area contributed by atoms with Gasteiger partial charge >= 0.3 is 0 Å². The molecule has 0 radical (unpaired) electrons. The van der Waals surface area contributed by atoms with Crippen molar-refractivity contribution in [3.63, 3.8) is 0 Å². The summed E-state index contributed by atoms with van der Waals surface area (Å²) in [5, 5.41) is 0. The van der Waals surface area contributed by atoms with Crippen LogP contribution in [0.15, 0.2) is 17.0 Å². The van der Waals surface area contributed by atoms with E-state index in [1.54, 1.807) is 13.0 Å². The van der Waals surface area contributed by atoms with Crippen LogP contribution in [0.5, 0.6) is 0 Å². The maximum absolute atomic E-state index is 13.5. The minimum atomic E-state index is -0.233. The Hall–Kier alpha value is -0.740. The Morgan fingerprint density at radius 2 is 1.76 bits per heavy atom. The van der Waals surface area contributed by atoms with E-state index in [9.17, 15) is 4.39 Å². The first-order valence-electron chi connectivity index (χ1n) is 5.79. The predicted octanol–water partition coefficient (Wildman–Crippen LogP) is 4.14. The minimum absolute atomic E-state index is 0.0588. The standard InChI is InChI=1S/C11H17FN2S.C2H6/c1-7-5-8(12)10(6-9(7)13)15-14-11(2,3)4;1-2/h5-6,14H,13H2,1-4H3;1-2H3. The second-order valence-corrected chi connectivity index (χ2v) is 5.44. The van der Waals surface area contributed by atoms with Crippen molar-refractivity contribution >= 4 is 17.6 Å². The summed E-state index contributed by atoms with van der Waals surface area (Å²) in [6.45, 7) is 11.9. The van der Waals surface area contributed by atoms with Gasteiger partial charge in [-0.3, -0.25) is 4.72 Å². The monoisotopic (exact) mass is 258 g/mol. The maximum Gasteiger partial charge on any atom is 0.138 e. The average molecular weight is 258 g/mol. The van der Waals surface area contributed by atoms with Gasteiger partial charge in [-0.1, -0.05) is 13.8 Å². The molecule has 1 aromatic rings. The molecule has 1 rings (SSSR count). The second kappa shape index (κ2) is 6.87. The highest BCUT2D eigenvalue weighted by atomic mass is 32.2. The third kappa shape index (κ3) is 5.94. The summed E-state index contributed by atoms with van der Waals surface area (Å²) < 4.78 is 16.6. The molecule has 0 aliphatic carbocycles. The Kier molecular flexibility index (Phi) is 6.57. The smallest absolute Gasteiger partial charge is 0.138 e. The van der Waals surface area contributed by atoms with Crippen LogP contribution < -0.4 is 10.5 Å². The summed E-state index contributed by atoms with van der Waals surface area (Å²) in [5.74, 6) is -0.233. The summed E-state index contributed by atoms with van der Waals surface area (Å²) in [5.41, 5.74) is 7.05. The van der Waals surface area contributed by atoms with Crippen LogP contribution in [0.3, 0.4) is 0 Å². The number of benzene rings is 1. The van der Waals surface area contributed by atoms with Crippen LogP contribution in [0, 0.1) is 12.7 Å². The first-order chi connectivity index (χ1) is 7.79. The van der Waals surface area contributed by atoms with Gasteiger partial charge in [0, 0.05) is 11.2 Å². The molecule has 0 fully saturated rings. The topological polar surface area (TPSA) is 38.0 Å². The van der Waals surface area contributed by atoms with Crippen LogP contribution in [0.2, 0.25) is 0 Å². The molecule has 0 aromatic heterocycles. The number of hydrogen-bond donors (Lipinski definition) is 2. The fourth-order valence-corrected chi connectivity index (χ4v) is 1.71. The predicted molar refractivity (Wildman–Crippen MR) is 75.6 cm³/mol. The molecule has 4 heteroatoms. The summed E-state index contributed by atoms with van der Waals surface area (Å²) >= 11 is 1.27. The number of rotatable bonds is 2. The number of aryl methyl sites for hydroxylation is 1. The molecule has 0 spiro atoms. The molecule has 2 nitrogen and oxygen atoms in total. The first kappa shape index (κ1) is 16.3. The number of nitrogens with two attached hydrogens (primary N) is 1. The molecule has 17 heavy (non-hydrogen) atoms. The van der Waals surface area contributed by atoms with Gasteiger partial charge in [0.25, 0.3) is 0 Å². The van der Waals surface area contributed by atoms with Gasteiger partial charge < -0.3 is 5.73 Å². The van der Waals surface area contributed by atoms with Crippen molar-refractivity contribution in [2.24, 2.45) is 0 Å². The summed E-state index contributed by atoms with van der Waals surface area (Å²) in [7, 11) is 0. The third-order valence-corrected chi connectivity index (χ3v) is 3.03. The van der Waals surface area contributed by atoms with Gasteiger partial charge in [0.2, 0.25) is 0 Å². The van der Waals surface area contributed by atoms with Crippen LogP contribution in [-0.4, -0.2) is 5.54 Å². The normalized spacial score (nSPS) is 10.8. The number of hydrogen-bond acceptors (Lipinski definition) is 3. The van der Waals surface area contributed by atoms with Gasteiger partial charge in [-0.05, 0) is 57.3 Å². The summed E-state index contributed by atoms with van der Waals surface area (Å²) in [6, 6.07) is 3.12. The molecule has 0 amide bonds. The first-order valence-corrected chi connectivity index (χ1v) is 6.61. The molecule has 0 aliphatic heterocycles. The van der Waals surface area contributed by atoms with Crippen molar-refractivity contribution in [2.75, 3.05) is 5.73 Å². The number of anilines is 1. The molecule has 0 unspecified atom stereocenters. The van der Waals surface area contributed by atoms with E-state index in [2.05, 4.69) is 4.72 Å². The minimum Gasteiger partial charge on any atom is -0.398 e. The quantitative estimate of drug-likeness (QED) is 0.618. The van der Waals surface area contributed by atoms with Crippen LogP contribution in [-0.2, 0) is 0 Å². The fraction of sp³-hybridized carbons (Fsp3) is 0.538. The number of nitrogens with one attached hydrogen (secondary N) is 1. The average Bonchev–Trinajstić information content (AvgIpc) is 2.23. The van der Waals surface area contributed by atoms with Crippen LogP contribution in [0.25, 0.3) is 0 Å². The Balaban J connectivity index is 0.00000121. The zero-order valence-electron chi connectivity index (χ0n) is 11.5. The zero-order valence-corrected chi connectivity index (χ0v) is 12.3. The molecule has 0 atom stereocenters. The molecule has 0 aliphatic rings. The number of halogens is 1.